The number of nitrogens with one attached hydrogen (secondary N) is 1. The maximum Gasteiger partial charge on any atom is 0.254 e. The van der Waals surface area contributed by atoms with Gasteiger partial charge in [0.05, 0.1) is 0 Å². The van der Waals surface area contributed by atoms with Crippen LogP contribution in [0.4, 0.5) is 0 Å². The van der Waals surface area contributed by atoms with Crippen LogP contribution in [-0.2, 0) is 4.79 Å². The zero-order valence-corrected chi connectivity index (χ0v) is 13.5. The van der Waals surface area contributed by atoms with Crippen molar-refractivity contribution in [2.75, 3.05) is 19.6 Å². The van der Waals surface area contributed by atoms with Gasteiger partial charge in [0.2, 0.25) is 5.91 Å². The van der Waals surface area contributed by atoms with Gasteiger partial charge < -0.3 is 10.2 Å². The van der Waals surface area contributed by atoms with Crippen molar-refractivity contribution in [2.24, 2.45) is 5.92 Å². The molecule has 21 heavy (non-hydrogen) atoms. The molecule has 0 unspecified atom stereocenters. The highest BCUT2D eigenvalue weighted by Crippen LogP contribution is 2.21. The Bertz CT molecular complexity index is 537. The number of aryl methyl sites for hydroxylation is 1. The number of thiol groups is 1. The highest BCUT2D eigenvalue weighted by atomic mass is 32.1. The summed E-state index contributed by atoms with van der Waals surface area (Å²) in [5, 5.41) is 2.86. The second-order valence-electron chi connectivity index (χ2n) is 5.67. The van der Waals surface area contributed by atoms with Gasteiger partial charge in [0.1, 0.15) is 0 Å². The molecule has 5 heteroatoms. The van der Waals surface area contributed by atoms with Crippen LogP contribution in [0.5, 0.6) is 0 Å². The van der Waals surface area contributed by atoms with Crippen molar-refractivity contribution in [3.8, 4) is 0 Å². The van der Waals surface area contributed by atoms with Crippen molar-refractivity contribution in [3.63, 3.8) is 0 Å². The molecule has 1 saturated heterocycles. The molecular weight excluding hydrogens is 284 g/mol. The maximum absolute atomic E-state index is 12.6. The molecule has 1 heterocycles. The molecular formula is C16H22N2O2S. The van der Waals surface area contributed by atoms with Crippen molar-refractivity contribution >= 4 is 24.4 Å². The third-order valence-electron chi connectivity index (χ3n) is 3.99. The van der Waals surface area contributed by atoms with Crippen LogP contribution in [0.25, 0.3) is 0 Å². The van der Waals surface area contributed by atoms with Crippen LogP contribution >= 0.6 is 12.6 Å². The van der Waals surface area contributed by atoms with E-state index in [1.54, 1.807) is 0 Å². The van der Waals surface area contributed by atoms with Crippen molar-refractivity contribution in [2.45, 2.75) is 31.6 Å². The van der Waals surface area contributed by atoms with E-state index >= 15 is 0 Å². The number of piperidine rings is 1. The van der Waals surface area contributed by atoms with Crippen molar-refractivity contribution in [3.05, 3.63) is 29.3 Å². The summed E-state index contributed by atoms with van der Waals surface area (Å²) in [6.45, 7) is 5.69. The predicted octanol–water partition coefficient (Wildman–Crippen LogP) is 2.27. The smallest absolute Gasteiger partial charge is 0.254 e. The van der Waals surface area contributed by atoms with Crippen LogP contribution in [0.15, 0.2) is 23.1 Å². The first-order valence-electron chi connectivity index (χ1n) is 7.30. The largest absolute Gasteiger partial charge is 0.356 e. The van der Waals surface area contributed by atoms with E-state index in [9.17, 15) is 9.59 Å². The molecule has 1 aromatic carbocycles. The molecule has 1 aromatic rings. The van der Waals surface area contributed by atoms with Crippen molar-refractivity contribution < 1.29 is 9.59 Å². The maximum atomic E-state index is 12.6. The van der Waals surface area contributed by atoms with Crippen LogP contribution in [0, 0.1) is 12.8 Å². The Morgan fingerprint density at radius 3 is 2.62 bits per heavy atom. The number of hydrogen-bond acceptors (Lipinski definition) is 3. The van der Waals surface area contributed by atoms with E-state index in [0.717, 1.165) is 42.0 Å². The monoisotopic (exact) mass is 306 g/mol. The number of carbonyl (C=O) groups excluding carboxylic acids is 2. The molecule has 0 bridgehead atoms. The van der Waals surface area contributed by atoms with E-state index in [1.807, 2.05) is 30.0 Å². The van der Waals surface area contributed by atoms with Gasteiger partial charge in [-0.25, -0.2) is 0 Å². The van der Waals surface area contributed by atoms with Crippen molar-refractivity contribution in [1.82, 2.24) is 10.2 Å². The van der Waals surface area contributed by atoms with Crippen LogP contribution < -0.4 is 5.32 Å². The highest BCUT2D eigenvalue weighted by Gasteiger charge is 2.24. The average molecular weight is 306 g/mol. The van der Waals surface area contributed by atoms with Gasteiger partial charge in [-0.3, -0.25) is 9.59 Å². The molecule has 0 radical (unpaired) electrons. The van der Waals surface area contributed by atoms with Gasteiger partial charge in [-0.05, 0) is 43.4 Å². The number of carbonyl (C=O) groups is 2. The number of benzene rings is 1. The molecule has 2 rings (SSSR count). The molecule has 114 valence electrons. The standard InChI is InChI=1S/C16H22N2O2S/c1-11-3-4-14(21)9-15(11)16(20)18-7-5-13(6-8-18)10-17-12(2)19/h3-4,9,13,21H,5-8,10H2,1-2H3,(H,17,19). The summed E-state index contributed by atoms with van der Waals surface area (Å²) in [5.41, 5.74) is 1.72. The Hall–Kier alpha value is -1.49. The van der Waals surface area contributed by atoms with Gasteiger partial charge in [-0.1, -0.05) is 6.07 Å². The molecule has 1 N–H and O–H groups in total. The zero-order chi connectivity index (χ0) is 15.4. The summed E-state index contributed by atoms with van der Waals surface area (Å²) < 4.78 is 0. The number of rotatable bonds is 3. The molecule has 2 amide bonds. The SMILES string of the molecule is CC(=O)NCC1CCN(C(=O)c2cc(S)ccc2C)CC1. The van der Waals surface area contributed by atoms with Crippen LogP contribution in [0.3, 0.4) is 0 Å². The van der Waals surface area contributed by atoms with Gasteiger partial charge in [0.15, 0.2) is 0 Å². The Morgan fingerprint density at radius 2 is 2.00 bits per heavy atom. The lowest BCUT2D eigenvalue weighted by atomic mass is 9.96. The van der Waals surface area contributed by atoms with Gasteiger partial charge in [0, 0.05) is 37.0 Å². The highest BCUT2D eigenvalue weighted by molar-refractivity contribution is 7.80. The molecule has 4 nitrogen and oxygen atoms in total. The summed E-state index contributed by atoms with van der Waals surface area (Å²) in [4.78, 5) is 26.2. The lowest BCUT2D eigenvalue weighted by molar-refractivity contribution is -0.119. The first kappa shape index (κ1) is 15.9. The van der Waals surface area contributed by atoms with Crippen molar-refractivity contribution in [1.29, 1.82) is 0 Å². The molecule has 0 saturated carbocycles. The Kier molecular flexibility index (Phi) is 5.28. The summed E-state index contributed by atoms with van der Waals surface area (Å²) in [5.74, 6) is 0.561. The average Bonchev–Trinajstić information content (AvgIpc) is 2.47. The quantitative estimate of drug-likeness (QED) is 0.842. The minimum atomic E-state index is 0.00900. The molecule has 0 aliphatic carbocycles. The second-order valence-corrected chi connectivity index (χ2v) is 6.19. The summed E-state index contributed by atoms with van der Waals surface area (Å²) in [6, 6.07) is 5.66. The van der Waals surface area contributed by atoms with E-state index in [0.29, 0.717) is 12.5 Å². The fraction of sp³-hybridized carbons (Fsp3) is 0.500. The molecule has 0 spiro atoms. The van der Waals surface area contributed by atoms with Gasteiger partial charge in [0.25, 0.3) is 5.91 Å². The summed E-state index contributed by atoms with van der Waals surface area (Å²) in [6.07, 6.45) is 1.87. The van der Waals surface area contributed by atoms with Gasteiger partial charge in [-0.15, -0.1) is 12.6 Å². The van der Waals surface area contributed by atoms with Gasteiger partial charge >= 0.3 is 0 Å². The van der Waals surface area contributed by atoms with Crippen LogP contribution in [-0.4, -0.2) is 36.3 Å². The third-order valence-corrected chi connectivity index (χ3v) is 4.27. The van der Waals surface area contributed by atoms with Crippen LogP contribution in [0.1, 0.15) is 35.7 Å². The number of likely N-dealkylation sites (tertiary alicyclic amines) is 1. The van der Waals surface area contributed by atoms with E-state index in [4.69, 9.17) is 0 Å². The van der Waals surface area contributed by atoms with E-state index in [2.05, 4.69) is 17.9 Å². The first-order valence-corrected chi connectivity index (χ1v) is 7.75. The second kappa shape index (κ2) is 6.98. The fourth-order valence-corrected chi connectivity index (χ4v) is 2.84. The lowest BCUT2D eigenvalue weighted by Gasteiger charge is -2.32. The first-order chi connectivity index (χ1) is 9.97. The fourth-order valence-electron chi connectivity index (χ4n) is 2.64. The summed E-state index contributed by atoms with van der Waals surface area (Å²) in [7, 11) is 0. The molecule has 0 atom stereocenters. The minimum Gasteiger partial charge on any atom is -0.356 e. The molecule has 1 fully saturated rings. The minimum absolute atomic E-state index is 0.00900. The number of amides is 2. The van der Waals surface area contributed by atoms with E-state index < -0.39 is 0 Å². The third kappa shape index (κ3) is 4.24. The van der Waals surface area contributed by atoms with E-state index in [-0.39, 0.29) is 11.8 Å². The topological polar surface area (TPSA) is 49.4 Å². The van der Waals surface area contributed by atoms with Crippen LogP contribution in [0.2, 0.25) is 0 Å². The predicted molar refractivity (Wildman–Crippen MR) is 85.7 cm³/mol. The molecule has 1 aliphatic heterocycles. The lowest BCUT2D eigenvalue weighted by Crippen LogP contribution is -2.41. The summed E-state index contributed by atoms with van der Waals surface area (Å²) >= 11 is 4.31. The Balaban J connectivity index is 1.94. The number of hydrogen-bond donors (Lipinski definition) is 2. The molecule has 1 aliphatic rings. The Labute approximate surface area is 131 Å². The molecule has 0 aromatic heterocycles. The Morgan fingerprint density at radius 1 is 1.33 bits per heavy atom. The zero-order valence-electron chi connectivity index (χ0n) is 12.6. The van der Waals surface area contributed by atoms with E-state index in [1.165, 1.54) is 6.92 Å². The number of nitrogens with zero attached hydrogens (tertiary/aromatic N) is 1. The van der Waals surface area contributed by atoms with Gasteiger partial charge in [-0.2, -0.15) is 0 Å². The normalized spacial score (nSPS) is 15.9.